The Labute approximate surface area is 189 Å². The molecule has 0 saturated carbocycles. The Hall–Kier alpha value is -2.71. The minimum atomic E-state index is -3.59. The van der Waals surface area contributed by atoms with E-state index in [-0.39, 0.29) is 23.1 Å². The fraction of sp³-hybridized carbons (Fsp3) is 0.417. The van der Waals surface area contributed by atoms with Gasteiger partial charge in [0.15, 0.2) is 0 Å². The molecule has 0 bridgehead atoms. The predicted molar refractivity (Wildman–Crippen MR) is 124 cm³/mol. The molecule has 2 aromatic rings. The number of nitrogens with one attached hydrogen (secondary N) is 1. The third-order valence-corrected chi connectivity index (χ3v) is 8.30. The van der Waals surface area contributed by atoms with Crippen molar-refractivity contribution in [1.82, 2.24) is 4.31 Å². The summed E-state index contributed by atoms with van der Waals surface area (Å²) in [5.74, 6) is -0.546. The molecular formula is C24H29N3O4S. The van der Waals surface area contributed by atoms with E-state index < -0.39 is 16.1 Å². The van der Waals surface area contributed by atoms with Crippen LogP contribution in [0, 0.1) is 13.8 Å². The van der Waals surface area contributed by atoms with Gasteiger partial charge in [-0.2, -0.15) is 4.31 Å². The average molecular weight is 456 g/mol. The van der Waals surface area contributed by atoms with E-state index in [1.165, 1.54) is 16.1 Å². The second-order valence-corrected chi connectivity index (χ2v) is 10.6. The minimum absolute atomic E-state index is 0.219. The molecule has 7 nitrogen and oxygen atoms in total. The van der Waals surface area contributed by atoms with Crippen LogP contribution in [-0.2, 0) is 26.0 Å². The van der Waals surface area contributed by atoms with Crippen molar-refractivity contribution >= 4 is 33.2 Å². The summed E-state index contributed by atoms with van der Waals surface area (Å²) in [5, 5.41) is 2.91. The summed E-state index contributed by atoms with van der Waals surface area (Å²) in [7, 11) is -3.59. The first kappa shape index (κ1) is 22.5. The quantitative estimate of drug-likeness (QED) is 0.766. The summed E-state index contributed by atoms with van der Waals surface area (Å²) in [4.78, 5) is 27.2. The number of carbonyl (C=O) groups is 2. The van der Waals surface area contributed by atoms with Crippen LogP contribution in [0.15, 0.2) is 41.3 Å². The second kappa shape index (κ2) is 8.67. The van der Waals surface area contributed by atoms with Crippen molar-refractivity contribution in [1.29, 1.82) is 0 Å². The Morgan fingerprint density at radius 1 is 0.969 bits per heavy atom. The van der Waals surface area contributed by atoms with Gasteiger partial charge in [-0.3, -0.25) is 14.5 Å². The molecule has 170 valence electrons. The van der Waals surface area contributed by atoms with Crippen molar-refractivity contribution in [2.45, 2.75) is 57.4 Å². The Balaban J connectivity index is 1.60. The molecule has 0 aliphatic carbocycles. The predicted octanol–water partition coefficient (Wildman–Crippen LogP) is 3.39. The van der Waals surface area contributed by atoms with Crippen molar-refractivity contribution in [2.75, 3.05) is 23.3 Å². The van der Waals surface area contributed by atoms with Gasteiger partial charge < -0.3 is 5.32 Å². The topological polar surface area (TPSA) is 86.8 Å². The molecule has 1 atom stereocenters. The third-order valence-electron chi connectivity index (χ3n) is 6.40. The fourth-order valence-corrected chi connectivity index (χ4v) is 6.05. The maximum atomic E-state index is 13.1. The molecule has 1 N–H and O–H groups in total. The van der Waals surface area contributed by atoms with E-state index in [1.807, 2.05) is 32.0 Å². The van der Waals surface area contributed by atoms with E-state index in [1.54, 1.807) is 18.2 Å². The highest BCUT2D eigenvalue weighted by Gasteiger charge is 2.38. The van der Waals surface area contributed by atoms with Gasteiger partial charge in [-0.1, -0.05) is 12.5 Å². The summed E-state index contributed by atoms with van der Waals surface area (Å²) in [6.07, 6.45) is 3.04. The second-order valence-electron chi connectivity index (χ2n) is 8.65. The van der Waals surface area contributed by atoms with E-state index in [4.69, 9.17) is 0 Å². The smallest absolute Gasteiger partial charge is 0.247 e. The molecule has 2 heterocycles. The van der Waals surface area contributed by atoms with Crippen molar-refractivity contribution in [3.8, 4) is 0 Å². The van der Waals surface area contributed by atoms with Crippen molar-refractivity contribution in [2.24, 2.45) is 0 Å². The Bertz CT molecular complexity index is 1170. The number of benzene rings is 2. The molecule has 0 spiro atoms. The number of fused-ring (bicyclic) bond motifs is 1. The van der Waals surface area contributed by atoms with Gasteiger partial charge in [-0.05, 0) is 73.7 Å². The van der Waals surface area contributed by atoms with Gasteiger partial charge in [0.25, 0.3) is 0 Å². The number of hydrogen-bond acceptors (Lipinski definition) is 4. The largest absolute Gasteiger partial charge is 0.324 e. The Morgan fingerprint density at radius 3 is 2.34 bits per heavy atom. The van der Waals surface area contributed by atoms with Crippen LogP contribution >= 0.6 is 0 Å². The van der Waals surface area contributed by atoms with Crippen LogP contribution in [0.1, 0.15) is 42.9 Å². The monoisotopic (exact) mass is 455 g/mol. The normalized spacial score (nSPS) is 19.0. The summed E-state index contributed by atoms with van der Waals surface area (Å²) in [6.45, 7) is 6.45. The molecule has 4 rings (SSSR count). The molecule has 32 heavy (non-hydrogen) atoms. The van der Waals surface area contributed by atoms with Gasteiger partial charge in [-0.15, -0.1) is 0 Å². The molecular weight excluding hydrogens is 426 g/mol. The number of rotatable bonds is 4. The van der Waals surface area contributed by atoms with E-state index in [2.05, 4.69) is 5.32 Å². The van der Waals surface area contributed by atoms with Gasteiger partial charge in [0.2, 0.25) is 21.8 Å². The van der Waals surface area contributed by atoms with E-state index >= 15 is 0 Å². The maximum Gasteiger partial charge on any atom is 0.247 e. The first-order valence-corrected chi connectivity index (χ1v) is 12.4. The molecule has 2 amide bonds. The van der Waals surface area contributed by atoms with Gasteiger partial charge in [0, 0.05) is 37.8 Å². The number of sulfonamides is 1. The van der Waals surface area contributed by atoms with Crippen LogP contribution in [0.25, 0.3) is 0 Å². The van der Waals surface area contributed by atoms with Crippen LogP contribution < -0.4 is 10.2 Å². The summed E-state index contributed by atoms with van der Waals surface area (Å²) in [6, 6.07) is 9.77. The van der Waals surface area contributed by atoms with Crippen LogP contribution in [0.4, 0.5) is 11.4 Å². The minimum Gasteiger partial charge on any atom is -0.324 e. The molecule has 2 aromatic carbocycles. The number of nitrogens with zero attached hydrogens (tertiary/aromatic N) is 2. The molecule has 0 radical (unpaired) electrons. The fourth-order valence-electron chi connectivity index (χ4n) is 4.49. The number of carbonyl (C=O) groups excluding carboxylic acids is 2. The number of amides is 2. The molecule has 2 aliphatic rings. The van der Waals surface area contributed by atoms with Crippen molar-refractivity contribution in [3.63, 3.8) is 0 Å². The first-order chi connectivity index (χ1) is 15.2. The summed E-state index contributed by atoms with van der Waals surface area (Å²) in [5.41, 5.74) is 4.15. The maximum absolute atomic E-state index is 13.1. The SMILES string of the molecule is CC(=O)N1c2ccc(S(=O)(=O)N3CCCCC3)cc2C[C@H]1C(=O)Nc1ccc(C)c(C)c1. The lowest BCUT2D eigenvalue weighted by Gasteiger charge is -2.26. The Morgan fingerprint density at radius 2 is 1.69 bits per heavy atom. The lowest BCUT2D eigenvalue weighted by atomic mass is 10.1. The lowest BCUT2D eigenvalue weighted by molar-refractivity contribution is -0.122. The number of piperidine rings is 1. The molecule has 2 aliphatic heterocycles. The molecule has 8 heteroatoms. The van der Waals surface area contributed by atoms with Gasteiger partial charge in [-0.25, -0.2) is 8.42 Å². The number of hydrogen-bond donors (Lipinski definition) is 1. The molecule has 1 saturated heterocycles. The molecule has 0 aromatic heterocycles. The van der Waals surface area contributed by atoms with Crippen LogP contribution in [0.3, 0.4) is 0 Å². The van der Waals surface area contributed by atoms with E-state index in [0.29, 0.717) is 30.0 Å². The molecule has 0 unspecified atom stereocenters. The number of aryl methyl sites for hydroxylation is 2. The zero-order chi connectivity index (χ0) is 23.0. The van der Waals surface area contributed by atoms with Crippen LogP contribution in [0.2, 0.25) is 0 Å². The van der Waals surface area contributed by atoms with Crippen LogP contribution in [-0.4, -0.2) is 43.7 Å². The standard InChI is InChI=1S/C24H29N3O4S/c1-16-7-8-20(13-17(16)2)25-24(29)23-15-19-14-21(9-10-22(19)27(23)18(3)28)32(30,31)26-11-5-4-6-12-26/h7-10,13-14,23H,4-6,11-12,15H2,1-3H3,(H,25,29)/t23-/m0/s1. The zero-order valence-electron chi connectivity index (χ0n) is 18.7. The average Bonchev–Trinajstić information content (AvgIpc) is 3.16. The van der Waals surface area contributed by atoms with Crippen LogP contribution in [0.5, 0.6) is 0 Å². The number of anilines is 2. The third kappa shape index (κ3) is 4.17. The Kier molecular flexibility index (Phi) is 6.09. The highest BCUT2D eigenvalue weighted by Crippen LogP contribution is 2.35. The molecule has 1 fully saturated rings. The zero-order valence-corrected chi connectivity index (χ0v) is 19.5. The lowest BCUT2D eigenvalue weighted by Crippen LogP contribution is -2.44. The summed E-state index contributed by atoms with van der Waals surface area (Å²) < 4.78 is 27.7. The van der Waals surface area contributed by atoms with Gasteiger partial charge >= 0.3 is 0 Å². The van der Waals surface area contributed by atoms with E-state index in [0.717, 1.165) is 30.4 Å². The summed E-state index contributed by atoms with van der Waals surface area (Å²) >= 11 is 0. The van der Waals surface area contributed by atoms with Gasteiger partial charge in [0.1, 0.15) is 6.04 Å². The van der Waals surface area contributed by atoms with Gasteiger partial charge in [0.05, 0.1) is 4.90 Å². The first-order valence-electron chi connectivity index (χ1n) is 11.0. The highest BCUT2D eigenvalue weighted by molar-refractivity contribution is 7.89. The highest BCUT2D eigenvalue weighted by atomic mass is 32.2. The van der Waals surface area contributed by atoms with Crippen molar-refractivity contribution < 1.29 is 18.0 Å². The van der Waals surface area contributed by atoms with E-state index in [9.17, 15) is 18.0 Å². The van der Waals surface area contributed by atoms with Crippen molar-refractivity contribution in [3.05, 3.63) is 53.1 Å².